The third-order valence-corrected chi connectivity index (χ3v) is 5.23. The van der Waals surface area contributed by atoms with Crippen molar-refractivity contribution in [3.63, 3.8) is 0 Å². The predicted octanol–water partition coefficient (Wildman–Crippen LogP) is 2.76. The van der Waals surface area contributed by atoms with Crippen LogP contribution in [0.15, 0.2) is 29.3 Å². The van der Waals surface area contributed by atoms with E-state index in [-0.39, 0.29) is 29.6 Å². The first-order valence-corrected chi connectivity index (χ1v) is 10.2. The SMILES string of the molecule is CCNC(=NCc1ccc(CN2CCOCC2)cc1)NCC1(C)CCCO1.I. The molecule has 2 N–H and O–H groups in total. The van der Waals surface area contributed by atoms with E-state index in [1.54, 1.807) is 0 Å². The Balaban J connectivity index is 0.00000280. The highest BCUT2D eigenvalue weighted by atomic mass is 127. The van der Waals surface area contributed by atoms with Crippen LogP contribution in [0.5, 0.6) is 0 Å². The van der Waals surface area contributed by atoms with Crippen molar-refractivity contribution in [2.75, 3.05) is 46.0 Å². The fourth-order valence-electron chi connectivity index (χ4n) is 3.53. The largest absolute Gasteiger partial charge is 0.379 e. The van der Waals surface area contributed by atoms with E-state index in [0.29, 0.717) is 6.54 Å². The molecule has 28 heavy (non-hydrogen) atoms. The number of rotatable bonds is 7. The van der Waals surface area contributed by atoms with Crippen LogP contribution in [0.25, 0.3) is 0 Å². The molecule has 0 spiro atoms. The number of nitrogens with one attached hydrogen (secondary N) is 2. The van der Waals surface area contributed by atoms with Crippen LogP contribution in [0, 0.1) is 0 Å². The minimum Gasteiger partial charge on any atom is -0.379 e. The quantitative estimate of drug-likeness (QED) is 0.341. The van der Waals surface area contributed by atoms with Gasteiger partial charge in [0.25, 0.3) is 0 Å². The van der Waals surface area contributed by atoms with Gasteiger partial charge >= 0.3 is 0 Å². The number of benzene rings is 1. The Kier molecular flexibility index (Phi) is 9.98. The molecule has 1 aromatic carbocycles. The van der Waals surface area contributed by atoms with Crippen LogP contribution < -0.4 is 10.6 Å². The summed E-state index contributed by atoms with van der Waals surface area (Å²) in [6, 6.07) is 8.80. The molecule has 7 heteroatoms. The fourth-order valence-corrected chi connectivity index (χ4v) is 3.53. The summed E-state index contributed by atoms with van der Waals surface area (Å²) < 4.78 is 11.3. The van der Waals surface area contributed by atoms with E-state index in [2.05, 4.69) is 53.6 Å². The summed E-state index contributed by atoms with van der Waals surface area (Å²) in [6.07, 6.45) is 2.24. The maximum absolute atomic E-state index is 5.85. The molecule has 0 amide bonds. The van der Waals surface area contributed by atoms with Gasteiger partial charge < -0.3 is 20.1 Å². The minimum absolute atomic E-state index is 0. The van der Waals surface area contributed by atoms with Gasteiger partial charge in [-0.3, -0.25) is 4.90 Å². The topological polar surface area (TPSA) is 58.1 Å². The molecule has 0 radical (unpaired) electrons. The van der Waals surface area contributed by atoms with Crippen molar-refractivity contribution < 1.29 is 9.47 Å². The summed E-state index contributed by atoms with van der Waals surface area (Å²) >= 11 is 0. The first-order valence-electron chi connectivity index (χ1n) is 10.2. The third-order valence-electron chi connectivity index (χ3n) is 5.23. The smallest absolute Gasteiger partial charge is 0.191 e. The highest BCUT2D eigenvalue weighted by Crippen LogP contribution is 2.23. The van der Waals surface area contributed by atoms with Crippen LogP contribution in [0.3, 0.4) is 0 Å². The predicted molar refractivity (Wildman–Crippen MR) is 124 cm³/mol. The zero-order valence-corrected chi connectivity index (χ0v) is 19.5. The van der Waals surface area contributed by atoms with E-state index in [0.717, 1.165) is 71.3 Å². The lowest BCUT2D eigenvalue weighted by Crippen LogP contribution is -2.45. The number of ether oxygens (including phenoxy) is 2. The van der Waals surface area contributed by atoms with Crippen LogP contribution in [-0.4, -0.2) is 62.5 Å². The molecular weight excluding hydrogens is 467 g/mol. The highest BCUT2D eigenvalue weighted by Gasteiger charge is 2.29. The van der Waals surface area contributed by atoms with Gasteiger partial charge in [-0.25, -0.2) is 4.99 Å². The Labute approximate surface area is 186 Å². The molecule has 3 rings (SSSR count). The van der Waals surface area contributed by atoms with Crippen molar-refractivity contribution in [2.45, 2.75) is 45.4 Å². The number of morpholine rings is 1. The van der Waals surface area contributed by atoms with Gasteiger partial charge in [-0.05, 0) is 37.8 Å². The molecule has 0 aliphatic carbocycles. The second-order valence-corrected chi connectivity index (χ2v) is 7.66. The van der Waals surface area contributed by atoms with Gasteiger partial charge in [0.05, 0.1) is 25.4 Å². The van der Waals surface area contributed by atoms with Crippen LogP contribution in [0.2, 0.25) is 0 Å². The molecule has 2 aliphatic rings. The molecular formula is C21H35IN4O2. The second-order valence-electron chi connectivity index (χ2n) is 7.66. The van der Waals surface area contributed by atoms with Crippen molar-refractivity contribution >= 4 is 29.9 Å². The molecule has 2 fully saturated rings. The molecule has 0 aromatic heterocycles. The number of hydrogen-bond acceptors (Lipinski definition) is 4. The van der Waals surface area contributed by atoms with Gasteiger partial charge in [0.15, 0.2) is 5.96 Å². The van der Waals surface area contributed by atoms with Crippen molar-refractivity contribution in [3.05, 3.63) is 35.4 Å². The summed E-state index contributed by atoms with van der Waals surface area (Å²) in [5.41, 5.74) is 2.50. The molecule has 0 saturated carbocycles. The zero-order valence-electron chi connectivity index (χ0n) is 17.2. The standard InChI is InChI=1S/C21H34N4O2.HI/c1-3-22-20(24-17-21(2)9-4-12-27-21)23-15-18-5-7-19(8-6-18)16-25-10-13-26-14-11-25;/h5-8H,3-4,9-17H2,1-2H3,(H2,22,23,24);1H. The molecule has 1 unspecified atom stereocenters. The molecule has 2 saturated heterocycles. The lowest BCUT2D eigenvalue weighted by molar-refractivity contribution is 0.0243. The van der Waals surface area contributed by atoms with Crippen molar-refractivity contribution in [3.8, 4) is 0 Å². The van der Waals surface area contributed by atoms with Crippen LogP contribution >= 0.6 is 24.0 Å². The average Bonchev–Trinajstić information content (AvgIpc) is 3.13. The van der Waals surface area contributed by atoms with Crippen LogP contribution in [-0.2, 0) is 22.6 Å². The van der Waals surface area contributed by atoms with Gasteiger partial charge in [0.2, 0.25) is 0 Å². The Morgan fingerprint density at radius 1 is 1.11 bits per heavy atom. The van der Waals surface area contributed by atoms with Gasteiger partial charge in [-0.1, -0.05) is 24.3 Å². The van der Waals surface area contributed by atoms with Gasteiger partial charge in [0.1, 0.15) is 0 Å². The lowest BCUT2D eigenvalue weighted by atomic mass is 10.0. The Morgan fingerprint density at radius 2 is 1.82 bits per heavy atom. The Morgan fingerprint density at radius 3 is 2.46 bits per heavy atom. The van der Waals surface area contributed by atoms with E-state index in [1.807, 2.05) is 0 Å². The first kappa shape index (κ1) is 23.4. The highest BCUT2D eigenvalue weighted by molar-refractivity contribution is 14.0. The summed E-state index contributed by atoms with van der Waals surface area (Å²) in [5.74, 6) is 0.853. The molecule has 1 atom stereocenters. The van der Waals surface area contributed by atoms with E-state index in [4.69, 9.17) is 14.5 Å². The Bertz CT molecular complexity index is 597. The van der Waals surface area contributed by atoms with Crippen LogP contribution in [0.1, 0.15) is 37.8 Å². The van der Waals surface area contributed by atoms with Crippen LogP contribution in [0.4, 0.5) is 0 Å². The maximum atomic E-state index is 5.85. The molecule has 6 nitrogen and oxygen atoms in total. The zero-order chi connectivity index (χ0) is 19.0. The lowest BCUT2D eigenvalue weighted by Gasteiger charge is -2.26. The molecule has 158 valence electrons. The minimum atomic E-state index is -0.0721. The maximum Gasteiger partial charge on any atom is 0.191 e. The summed E-state index contributed by atoms with van der Waals surface area (Å²) in [7, 11) is 0. The number of hydrogen-bond donors (Lipinski definition) is 2. The van der Waals surface area contributed by atoms with Gasteiger partial charge in [-0.2, -0.15) is 0 Å². The number of halogens is 1. The van der Waals surface area contributed by atoms with Crippen molar-refractivity contribution in [2.24, 2.45) is 4.99 Å². The number of guanidine groups is 1. The number of aliphatic imine (C=N–C) groups is 1. The second kappa shape index (κ2) is 11.9. The Hall–Kier alpha value is -0.900. The fraction of sp³-hybridized carbons (Fsp3) is 0.667. The van der Waals surface area contributed by atoms with Gasteiger partial charge in [0, 0.05) is 39.3 Å². The summed E-state index contributed by atoms with van der Waals surface area (Å²) in [4.78, 5) is 7.17. The normalized spacial score (nSPS) is 23.3. The average molecular weight is 502 g/mol. The van der Waals surface area contributed by atoms with E-state index in [1.165, 1.54) is 11.1 Å². The summed E-state index contributed by atoms with van der Waals surface area (Å²) in [5, 5.41) is 6.76. The summed E-state index contributed by atoms with van der Waals surface area (Å²) in [6.45, 7) is 12.2. The molecule has 0 bridgehead atoms. The number of nitrogens with zero attached hydrogens (tertiary/aromatic N) is 2. The van der Waals surface area contributed by atoms with Crippen molar-refractivity contribution in [1.82, 2.24) is 15.5 Å². The third kappa shape index (κ3) is 7.50. The van der Waals surface area contributed by atoms with E-state index >= 15 is 0 Å². The van der Waals surface area contributed by atoms with Crippen molar-refractivity contribution in [1.29, 1.82) is 0 Å². The first-order chi connectivity index (χ1) is 13.2. The molecule has 2 heterocycles. The molecule has 2 aliphatic heterocycles. The molecule has 1 aromatic rings. The van der Waals surface area contributed by atoms with Gasteiger partial charge in [-0.15, -0.1) is 24.0 Å². The van der Waals surface area contributed by atoms with E-state index < -0.39 is 0 Å². The monoisotopic (exact) mass is 502 g/mol. The van der Waals surface area contributed by atoms with E-state index in [9.17, 15) is 0 Å².